The average molecular weight is 388 g/mol. The predicted molar refractivity (Wildman–Crippen MR) is 104 cm³/mol. The lowest BCUT2D eigenvalue weighted by atomic mass is 10.2. The third-order valence-corrected chi connectivity index (χ3v) is 6.26. The summed E-state index contributed by atoms with van der Waals surface area (Å²) in [5.74, 6) is -0.279. The van der Waals surface area contributed by atoms with E-state index in [1.165, 1.54) is 28.6 Å². The van der Waals surface area contributed by atoms with Crippen molar-refractivity contribution in [2.75, 3.05) is 18.4 Å². The summed E-state index contributed by atoms with van der Waals surface area (Å²) in [6, 6.07) is 13.5. The summed E-state index contributed by atoms with van der Waals surface area (Å²) >= 11 is 0. The first-order valence-electron chi connectivity index (χ1n) is 8.89. The van der Waals surface area contributed by atoms with E-state index in [0.717, 1.165) is 5.56 Å². The van der Waals surface area contributed by atoms with Crippen molar-refractivity contribution in [1.29, 1.82) is 0 Å². The van der Waals surface area contributed by atoms with E-state index in [2.05, 4.69) is 5.32 Å². The van der Waals surface area contributed by atoms with E-state index < -0.39 is 10.0 Å². The Morgan fingerprint density at radius 1 is 1.07 bits per heavy atom. The molecule has 1 saturated heterocycles. The van der Waals surface area contributed by atoms with Crippen molar-refractivity contribution in [3.05, 3.63) is 59.7 Å². The van der Waals surface area contributed by atoms with Gasteiger partial charge in [0.05, 0.1) is 17.1 Å². The largest absolute Gasteiger partial charge is 0.373 e. The predicted octanol–water partition coefficient (Wildman–Crippen LogP) is 3.05. The molecule has 7 heteroatoms. The molecule has 27 heavy (non-hydrogen) atoms. The van der Waals surface area contributed by atoms with E-state index in [0.29, 0.717) is 24.3 Å². The van der Waals surface area contributed by atoms with Crippen molar-refractivity contribution in [3.63, 3.8) is 0 Å². The zero-order valence-electron chi connectivity index (χ0n) is 15.7. The van der Waals surface area contributed by atoms with Gasteiger partial charge < -0.3 is 10.1 Å². The van der Waals surface area contributed by atoms with Crippen LogP contribution in [0.4, 0.5) is 5.69 Å². The maximum Gasteiger partial charge on any atom is 0.255 e. The molecule has 2 aromatic carbocycles. The Hall–Kier alpha value is -2.22. The quantitative estimate of drug-likeness (QED) is 0.873. The Kier molecular flexibility index (Phi) is 5.64. The molecule has 144 valence electrons. The van der Waals surface area contributed by atoms with Crippen molar-refractivity contribution in [3.8, 4) is 0 Å². The molecule has 2 unspecified atom stereocenters. The van der Waals surface area contributed by atoms with Gasteiger partial charge in [-0.1, -0.05) is 12.1 Å². The van der Waals surface area contributed by atoms with E-state index >= 15 is 0 Å². The molecule has 0 spiro atoms. The number of sulfonamides is 1. The number of carbonyl (C=O) groups excluding carboxylic acids is 1. The maximum absolute atomic E-state index is 12.9. The van der Waals surface area contributed by atoms with Gasteiger partial charge >= 0.3 is 0 Å². The lowest BCUT2D eigenvalue weighted by Gasteiger charge is -2.34. The summed E-state index contributed by atoms with van der Waals surface area (Å²) in [6.45, 7) is 6.31. The minimum atomic E-state index is -3.61. The summed E-state index contributed by atoms with van der Waals surface area (Å²) in [5.41, 5.74) is 2.15. The van der Waals surface area contributed by atoms with Gasteiger partial charge in [-0.05, 0) is 62.7 Å². The Morgan fingerprint density at radius 2 is 1.70 bits per heavy atom. The van der Waals surface area contributed by atoms with E-state index in [1.807, 2.05) is 45.0 Å². The highest BCUT2D eigenvalue weighted by Gasteiger charge is 2.32. The molecular weight excluding hydrogens is 364 g/mol. The monoisotopic (exact) mass is 388 g/mol. The number of benzene rings is 2. The van der Waals surface area contributed by atoms with Crippen LogP contribution in [0.15, 0.2) is 53.4 Å². The standard InChI is InChI=1S/C20H24N2O4S/c1-14-5-4-6-18(11-14)21-20(23)17-7-9-19(10-8-17)27(24,25)22-12-15(2)26-16(3)13-22/h4-11,15-16H,12-13H2,1-3H3,(H,21,23). The third-order valence-electron chi connectivity index (χ3n) is 4.42. The van der Waals surface area contributed by atoms with E-state index in [4.69, 9.17) is 4.74 Å². The number of hydrogen-bond donors (Lipinski definition) is 1. The molecule has 1 heterocycles. The molecule has 0 saturated carbocycles. The molecule has 2 atom stereocenters. The van der Waals surface area contributed by atoms with Gasteiger partial charge in [-0.2, -0.15) is 4.31 Å². The zero-order valence-corrected chi connectivity index (χ0v) is 16.5. The average Bonchev–Trinajstić information content (AvgIpc) is 2.61. The van der Waals surface area contributed by atoms with Gasteiger partial charge in [0, 0.05) is 24.3 Å². The molecular formula is C20H24N2O4S. The molecule has 0 aromatic heterocycles. The van der Waals surface area contributed by atoms with Gasteiger partial charge in [0.25, 0.3) is 5.91 Å². The van der Waals surface area contributed by atoms with Crippen LogP contribution in [0.5, 0.6) is 0 Å². The number of nitrogens with one attached hydrogen (secondary N) is 1. The van der Waals surface area contributed by atoms with Gasteiger partial charge in [0.15, 0.2) is 0 Å². The normalized spacial score (nSPS) is 21.0. The van der Waals surface area contributed by atoms with Crippen molar-refractivity contribution < 1.29 is 17.9 Å². The van der Waals surface area contributed by atoms with Crippen molar-refractivity contribution in [2.24, 2.45) is 0 Å². The fraction of sp³-hybridized carbons (Fsp3) is 0.350. The number of nitrogens with zero attached hydrogens (tertiary/aromatic N) is 1. The minimum absolute atomic E-state index is 0.150. The zero-order chi connectivity index (χ0) is 19.6. The van der Waals surface area contributed by atoms with Crippen molar-refractivity contribution in [2.45, 2.75) is 37.9 Å². The number of aryl methyl sites for hydroxylation is 1. The number of rotatable bonds is 4. The second-order valence-electron chi connectivity index (χ2n) is 6.93. The number of anilines is 1. The fourth-order valence-corrected chi connectivity index (χ4v) is 4.77. The summed E-state index contributed by atoms with van der Waals surface area (Å²) in [5, 5.41) is 2.82. The molecule has 1 amide bonds. The SMILES string of the molecule is Cc1cccc(NC(=O)c2ccc(S(=O)(=O)N3CC(C)OC(C)C3)cc2)c1. The lowest BCUT2D eigenvalue weighted by molar-refractivity contribution is -0.0440. The van der Waals surface area contributed by atoms with Gasteiger partial charge in [-0.3, -0.25) is 4.79 Å². The van der Waals surface area contributed by atoms with Crippen LogP contribution in [-0.4, -0.2) is 43.9 Å². The van der Waals surface area contributed by atoms with Crippen molar-refractivity contribution in [1.82, 2.24) is 4.31 Å². The second kappa shape index (κ2) is 7.80. The molecule has 0 bridgehead atoms. The summed E-state index contributed by atoms with van der Waals surface area (Å²) in [6.07, 6.45) is -0.300. The summed E-state index contributed by atoms with van der Waals surface area (Å²) in [7, 11) is -3.61. The molecule has 0 radical (unpaired) electrons. The number of hydrogen-bond acceptors (Lipinski definition) is 4. The van der Waals surface area contributed by atoms with Gasteiger partial charge in [-0.25, -0.2) is 8.42 Å². The van der Waals surface area contributed by atoms with Crippen LogP contribution in [-0.2, 0) is 14.8 Å². The number of carbonyl (C=O) groups is 1. The number of morpholine rings is 1. The first-order valence-corrected chi connectivity index (χ1v) is 10.3. The summed E-state index contributed by atoms with van der Waals surface area (Å²) < 4.78 is 32.8. The molecule has 1 aliphatic heterocycles. The second-order valence-corrected chi connectivity index (χ2v) is 8.87. The molecule has 1 aliphatic rings. The van der Waals surface area contributed by atoms with Crippen molar-refractivity contribution >= 4 is 21.6 Å². The van der Waals surface area contributed by atoms with E-state index in [9.17, 15) is 13.2 Å². The van der Waals surface area contributed by atoms with Gasteiger partial charge in [-0.15, -0.1) is 0 Å². The Morgan fingerprint density at radius 3 is 2.30 bits per heavy atom. The molecule has 1 fully saturated rings. The highest BCUT2D eigenvalue weighted by Crippen LogP contribution is 2.22. The Balaban J connectivity index is 1.75. The first-order chi connectivity index (χ1) is 12.8. The molecule has 6 nitrogen and oxygen atoms in total. The topological polar surface area (TPSA) is 75.7 Å². The smallest absolute Gasteiger partial charge is 0.255 e. The molecule has 3 rings (SSSR count). The lowest BCUT2D eigenvalue weighted by Crippen LogP contribution is -2.48. The minimum Gasteiger partial charge on any atom is -0.373 e. The Bertz CT molecular complexity index is 915. The van der Waals surface area contributed by atoms with Crippen LogP contribution < -0.4 is 5.32 Å². The van der Waals surface area contributed by atoms with Gasteiger partial charge in [0.1, 0.15) is 0 Å². The van der Waals surface area contributed by atoms with Crippen LogP contribution in [0.3, 0.4) is 0 Å². The Labute approximate surface area is 160 Å². The van der Waals surface area contributed by atoms with E-state index in [-0.39, 0.29) is 23.0 Å². The van der Waals surface area contributed by atoms with Crippen LogP contribution in [0.25, 0.3) is 0 Å². The number of amides is 1. The molecule has 1 N–H and O–H groups in total. The van der Waals surface area contributed by atoms with Crippen LogP contribution in [0, 0.1) is 6.92 Å². The highest BCUT2D eigenvalue weighted by molar-refractivity contribution is 7.89. The highest BCUT2D eigenvalue weighted by atomic mass is 32.2. The molecule has 0 aliphatic carbocycles. The van der Waals surface area contributed by atoms with Gasteiger partial charge in [0.2, 0.25) is 10.0 Å². The van der Waals surface area contributed by atoms with Crippen LogP contribution in [0.1, 0.15) is 29.8 Å². The molecule has 2 aromatic rings. The summed E-state index contributed by atoms with van der Waals surface area (Å²) in [4.78, 5) is 12.6. The third kappa shape index (κ3) is 4.55. The van der Waals surface area contributed by atoms with Crippen LogP contribution >= 0.6 is 0 Å². The fourth-order valence-electron chi connectivity index (χ4n) is 3.18. The number of ether oxygens (including phenoxy) is 1. The van der Waals surface area contributed by atoms with Crippen LogP contribution in [0.2, 0.25) is 0 Å². The van der Waals surface area contributed by atoms with E-state index in [1.54, 1.807) is 0 Å². The maximum atomic E-state index is 12.9. The first kappa shape index (κ1) is 19.5.